The summed E-state index contributed by atoms with van der Waals surface area (Å²) in [4.78, 5) is 28.3. The highest BCUT2D eigenvalue weighted by molar-refractivity contribution is 7.91. The third kappa shape index (κ3) is 4.03. The highest BCUT2D eigenvalue weighted by Gasteiger charge is 2.40. The Morgan fingerprint density at radius 1 is 1.18 bits per heavy atom. The van der Waals surface area contributed by atoms with Crippen molar-refractivity contribution >= 4 is 27.0 Å². The molecule has 0 saturated heterocycles. The van der Waals surface area contributed by atoms with Crippen molar-refractivity contribution in [2.45, 2.75) is 25.3 Å². The van der Waals surface area contributed by atoms with Crippen molar-refractivity contribution < 1.29 is 13.2 Å². The van der Waals surface area contributed by atoms with Crippen molar-refractivity contribution in [1.82, 2.24) is 14.8 Å². The van der Waals surface area contributed by atoms with Gasteiger partial charge in [0.1, 0.15) is 0 Å². The van der Waals surface area contributed by atoms with E-state index in [0.29, 0.717) is 48.2 Å². The number of nitrogens with zero attached hydrogens (tertiary/aromatic N) is 2. The van der Waals surface area contributed by atoms with Gasteiger partial charge in [0, 0.05) is 44.2 Å². The summed E-state index contributed by atoms with van der Waals surface area (Å²) < 4.78 is 26.0. The molecule has 8 heteroatoms. The van der Waals surface area contributed by atoms with Crippen molar-refractivity contribution in [3.8, 4) is 0 Å². The van der Waals surface area contributed by atoms with Gasteiger partial charge in [-0.15, -0.1) is 0 Å². The number of sulfone groups is 1. The number of carbonyl (C=O) groups excluding carboxylic acids is 1. The summed E-state index contributed by atoms with van der Waals surface area (Å²) in [5.74, 6) is -0.167. The molecule has 0 fully saturated rings. The number of hydrogen-bond acceptors (Lipinski definition) is 5. The average molecular weight is 478 g/mol. The number of allylic oxidation sites excluding steroid dienone is 1. The van der Waals surface area contributed by atoms with Crippen LogP contribution in [0.3, 0.4) is 0 Å². The molecular weight excluding hydrogens is 450 g/mol. The number of pyridine rings is 1. The normalized spacial score (nSPS) is 19.0. The Morgan fingerprint density at radius 3 is 2.68 bits per heavy atom. The highest BCUT2D eigenvalue weighted by atomic mass is 32.2. The maximum atomic E-state index is 13.3. The second-order valence-corrected chi connectivity index (χ2v) is 11.3. The van der Waals surface area contributed by atoms with E-state index in [9.17, 15) is 18.0 Å². The van der Waals surface area contributed by atoms with Gasteiger partial charge in [0.05, 0.1) is 23.1 Å². The lowest BCUT2D eigenvalue weighted by atomic mass is 9.92. The van der Waals surface area contributed by atoms with Gasteiger partial charge < -0.3 is 14.8 Å². The maximum absolute atomic E-state index is 13.3. The first-order valence-corrected chi connectivity index (χ1v) is 13.4. The van der Waals surface area contributed by atoms with Crippen LogP contribution in [0.4, 0.5) is 0 Å². The molecule has 0 spiro atoms. The van der Waals surface area contributed by atoms with Crippen molar-refractivity contribution in [3.05, 3.63) is 93.1 Å². The zero-order valence-electron chi connectivity index (χ0n) is 19.2. The van der Waals surface area contributed by atoms with Crippen LogP contribution in [0.1, 0.15) is 29.5 Å². The summed E-state index contributed by atoms with van der Waals surface area (Å²) in [5.41, 5.74) is 4.97. The summed E-state index contributed by atoms with van der Waals surface area (Å²) in [5, 5.41) is 3.39. The van der Waals surface area contributed by atoms with Gasteiger partial charge in [-0.3, -0.25) is 9.59 Å². The van der Waals surface area contributed by atoms with Crippen molar-refractivity contribution in [2.24, 2.45) is 7.05 Å². The summed E-state index contributed by atoms with van der Waals surface area (Å²) in [6.45, 7) is 0.617. The largest absolute Gasteiger partial charge is 0.384 e. The Labute approximate surface area is 199 Å². The lowest BCUT2D eigenvalue weighted by molar-refractivity contribution is -0.129. The minimum absolute atomic E-state index is 0.0161. The van der Waals surface area contributed by atoms with Crippen LogP contribution in [-0.4, -0.2) is 48.4 Å². The Bertz CT molecular complexity index is 1430. The Balaban J connectivity index is 1.59. The van der Waals surface area contributed by atoms with E-state index in [-0.39, 0.29) is 23.3 Å². The van der Waals surface area contributed by atoms with Gasteiger partial charge in [-0.05, 0) is 47.3 Å². The van der Waals surface area contributed by atoms with Gasteiger partial charge in [-0.25, -0.2) is 8.42 Å². The van der Waals surface area contributed by atoms with E-state index < -0.39 is 9.84 Å². The number of hydrogen-bond donors (Lipinski definition) is 1. The molecule has 1 aromatic heterocycles. The third-order valence-corrected chi connectivity index (χ3v) is 7.45. The average Bonchev–Trinajstić information content (AvgIpc) is 3.11. The first kappa shape index (κ1) is 22.4. The predicted molar refractivity (Wildman–Crippen MR) is 132 cm³/mol. The molecule has 176 valence electrons. The first-order chi connectivity index (χ1) is 16.2. The summed E-state index contributed by atoms with van der Waals surface area (Å²) >= 11 is 0. The molecule has 2 aliphatic heterocycles. The molecule has 7 nitrogen and oxygen atoms in total. The van der Waals surface area contributed by atoms with Crippen LogP contribution in [-0.2, 0) is 28.1 Å². The van der Waals surface area contributed by atoms with Gasteiger partial charge in [-0.1, -0.05) is 30.3 Å². The van der Waals surface area contributed by atoms with Gasteiger partial charge >= 0.3 is 0 Å². The third-order valence-electron chi connectivity index (χ3n) is 6.62. The minimum atomic E-state index is -3.35. The van der Waals surface area contributed by atoms with E-state index in [0.717, 1.165) is 16.7 Å². The summed E-state index contributed by atoms with van der Waals surface area (Å²) in [6.07, 6.45) is 8.26. The maximum Gasteiger partial charge on any atom is 0.260 e. The van der Waals surface area contributed by atoms with E-state index in [1.54, 1.807) is 24.2 Å². The van der Waals surface area contributed by atoms with Gasteiger partial charge in [0.2, 0.25) is 5.91 Å². The number of fused-ring (bicyclic) bond motifs is 2. The number of nitrogens with one attached hydrogen (secondary N) is 1. The Kier molecular flexibility index (Phi) is 5.56. The molecule has 1 N–H and O–H groups in total. The van der Waals surface area contributed by atoms with Crippen LogP contribution in [0.15, 0.2) is 70.8 Å². The lowest BCUT2D eigenvalue weighted by Gasteiger charge is -2.31. The summed E-state index contributed by atoms with van der Waals surface area (Å²) in [7, 11) is -1.67. The predicted octanol–water partition coefficient (Wildman–Crippen LogP) is 2.26. The number of aryl methyl sites for hydroxylation is 2. The van der Waals surface area contributed by atoms with Crippen LogP contribution in [0.25, 0.3) is 11.3 Å². The first-order valence-electron chi connectivity index (χ1n) is 11.4. The Hall–Kier alpha value is -3.39. The van der Waals surface area contributed by atoms with Gasteiger partial charge in [0.15, 0.2) is 9.84 Å². The molecule has 1 aromatic carbocycles. The van der Waals surface area contributed by atoms with E-state index >= 15 is 0 Å². The van der Waals surface area contributed by atoms with Crippen LogP contribution < -0.4 is 10.9 Å². The molecule has 0 radical (unpaired) electrons. The minimum Gasteiger partial charge on any atom is -0.384 e. The molecular formula is C26H27N3O4S. The van der Waals surface area contributed by atoms with E-state index in [1.165, 1.54) is 10.8 Å². The standard InChI is InChI=1S/C26H27N3O4S/c1-28-13-11-20-19(16-34(2,32)33)14-18-15-29(22(30)9-8-17-6-4-3-5-7-17)21-10-12-27-25(23(18)21)24(20)26(28)31/h3-7,11,13-15,21,27H,8-10,12,16H2,1-2H3. The topological polar surface area (TPSA) is 88.5 Å². The van der Waals surface area contributed by atoms with Crippen molar-refractivity contribution in [3.63, 3.8) is 0 Å². The molecule has 3 heterocycles. The highest BCUT2D eigenvalue weighted by Crippen LogP contribution is 2.42. The smallest absolute Gasteiger partial charge is 0.260 e. The molecule has 1 atom stereocenters. The second-order valence-electron chi connectivity index (χ2n) is 9.15. The number of aromatic nitrogens is 1. The van der Waals surface area contributed by atoms with Crippen LogP contribution in [0.2, 0.25) is 0 Å². The van der Waals surface area contributed by atoms with Gasteiger partial charge in [0.25, 0.3) is 5.56 Å². The molecule has 34 heavy (non-hydrogen) atoms. The zero-order chi connectivity index (χ0) is 24.0. The number of benzene rings is 1. The van der Waals surface area contributed by atoms with E-state index in [4.69, 9.17) is 0 Å². The van der Waals surface area contributed by atoms with Crippen molar-refractivity contribution in [2.75, 3.05) is 18.6 Å². The molecule has 1 amide bonds. The zero-order valence-corrected chi connectivity index (χ0v) is 20.1. The van der Waals surface area contributed by atoms with E-state index in [1.807, 2.05) is 42.6 Å². The molecule has 1 unspecified atom stereocenters. The number of rotatable bonds is 5. The molecule has 2 aromatic rings. The van der Waals surface area contributed by atoms with Crippen LogP contribution >= 0.6 is 0 Å². The fourth-order valence-corrected chi connectivity index (χ4v) is 5.88. The van der Waals surface area contributed by atoms with Gasteiger partial charge in [-0.2, -0.15) is 0 Å². The fraction of sp³-hybridized carbons (Fsp3) is 0.308. The van der Waals surface area contributed by atoms with Crippen LogP contribution in [0, 0.1) is 0 Å². The molecule has 3 aliphatic rings. The number of amides is 1. The molecule has 1 aliphatic carbocycles. The fourth-order valence-electron chi connectivity index (χ4n) is 5.08. The summed E-state index contributed by atoms with van der Waals surface area (Å²) in [6, 6.07) is 11.5. The molecule has 5 rings (SSSR count). The van der Waals surface area contributed by atoms with E-state index in [2.05, 4.69) is 5.32 Å². The monoisotopic (exact) mass is 477 g/mol. The Morgan fingerprint density at radius 2 is 1.94 bits per heavy atom. The molecule has 0 bridgehead atoms. The van der Waals surface area contributed by atoms with Crippen LogP contribution in [0.5, 0.6) is 0 Å². The SMILES string of the molecule is Cn1ccc2c(c1=O)C1=C3C(=CN(C(=O)CCc4ccccc4)C3CCN1)C=C2CS(C)(=O)=O. The lowest BCUT2D eigenvalue weighted by Crippen LogP contribution is -2.41. The molecule has 0 saturated carbocycles. The quantitative estimate of drug-likeness (QED) is 0.714. The second kappa shape index (κ2) is 8.43. The van der Waals surface area contributed by atoms with Crippen molar-refractivity contribution in [1.29, 1.82) is 0 Å². The number of carbonyl (C=O) groups is 1.